The number of amides is 2. The number of carbonyl (C=O) groups excluding carboxylic acids is 1. The summed E-state index contributed by atoms with van der Waals surface area (Å²) in [6, 6.07) is 0.619. The van der Waals surface area contributed by atoms with Crippen LogP contribution in [0.2, 0.25) is 0 Å². The highest BCUT2D eigenvalue weighted by Crippen LogP contribution is 2.13. The number of carbonyl (C=O) groups is 1. The average molecular weight is 268 g/mol. The summed E-state index contributed by atoms with van der Waals surface area (Å²) in [5.74, 6) is 0. The van der Waals surface area contributed by atoms with Crippen LogP contribution in [0.4, 0.5) is 4.79 Å². The van der Waals surface area contributed by atoms with Crippen molar-refractivity contribution in [2.45, 2.75) is 25.4 Å². The molecule has 1 N–H and O–H groups in total. The maximum absolute atomic E-state index is 11.8. The zero-order chi connectivity index (χ0) is 13.0. The standard InChI is InChI=1S/C12H20N4OS/c1-15(2)12(17)16-6-3-10(4-7-16)14-9-11-13-5-8-18-11/h5,8,10,14H,3-4,6-7,9H2,1-2H3. The zero-order valence-corrected chi connectivity index (χ0v) is 11.7. The molecule has 18 heavy (non-hydrogen) atoms. The molecule has 0 spiro atoms. The minimum absolute atomic E-state index is 0.119. The molecule has 0 aliphatic carbocycles. The molecule has 0 bridgehead atoms. The lowest BCUT2D eigenvalue weighted by Gasteiger charge is -2.33. The fourth-order valence-corrected chi connectivity index (χ4v) is 2.70. The second-order valence-corrected chi connectivity index (χ2v) is 5.72. The van der Waals surface area contributed by atoms with Gasteiger partial charge in [-0.3, -0.25) is 0 Å². The third kappa shape index (κ3) is 3.43. The Balaban J connectivity index is 1.72. The molecule has 1 aliphatic rings. The van der Waals surface area contributed by atoms with Gasteiger partial charge in [0.1, 0.15) is 5.01 Å². The number of likely N-dealkylation sites (tertiary alicyclic amines) is 1. The van der Waals surface area contributed by atoms with E-state index < -0.39 is 0 Å². The number of nitrogens with one attached hydrogen (secondary N) is 1. The smallest absolute Gasteiger partial charge is 0.319 e. The van der Waals surface area contributed by atoms with E-state index in [1.165, 1.54) is 0 Å². The van der Waals surface area contributed by atoms with Gasteiger partial charge in [-0.1, -0.05) is 0 Å². The van der Waals surface area contributed by atoms with E-state index in [4.69, 9.17) is 0 Å². The molecule has 1 saturated heterocycles. The Bertz CT molecular complexity index is 371. The van der Waals surface area contributed by atoms with Crippen LogP contribution in [0.5, 0.6) is 0 Å². The second kappa shape index (κ2) is 6.15. The number of aromatic nitrogens is 1. The molecule has 2 heterocycles. The maximum atomic E-state index is 11.8. The first kappa shape index (κ1) is 13.3. The van der Waals surface area contributed by atoms with Crippen molar-refractivity contribution in [2.75, 3.05) is 27.2 Å². The lowest BCUT2D eigenvalue weighted by atomic mass is 10.1. The summed E-state index contributed by atoms with van der Waals surface area (Å²) in [6.07, 6.45) is 3.87. The number of rotatable bonds is 3. The fraction of sp³-hybridized carbons (Fsp3) is 0.667. The molecule has 6 heteroatoms. The molecule has 5 nitrogen and oxygen atoms in total. The second-order valence-electron chi connectivity index (χ2n) is 4.75. The van der Waals surface area contributed by atoms with E-state index in [0.717, 1.165) is 37.5 Å². The number of piperidine rings is 1. The predicted molar refractivity (Wildman–Crippen MR) is 72.6 cm³/mol. The summed E-state index contributed by atoms with van der Waals surface area (Å²) in [4.78, 5) is 19.6. The summed E-state index contributed by atoms with van der Waals surface area (Å²) in [6.45, 7) is 2.52. The molecule has 1 aromatic heterocycles. The van der Waals surface area contributed by atoms with Gasteiger partial charge in [0.25, 0.3) is 0 Å². The first-order valence-corrected chi connectivity index (χ1v) is 7.13. The van der Waals surface area contributed by atoms with E-state index in [1.54, 1.807) is 30.3 Å². The van der Waals surface area contributed by atoms with E-state index >= 15 is 0 Å². The number of hydrogen-bond acceptors (Lipinski definition) is 4. The summed E-state index contributed by atoms with van der Waals surface area (Å²) >= 11 is 1.68. The minimum atomic E-state index is 0.119. The van der Waals surface area contributed by atoms with Crippen LogP contribution >= 0.6 is 11.3 Å². The Kier molecular flexibility index (Phi) is 4.54. The topological polar surface area (TPSA) is 48.5 Å². The van der Waals surface area contributed by atoms with Gasteiger partial charge in [0.2, 0.25) is 0 Å². The van der Waals surface area contributed by atoms with Gasteiger partial charge in [-0.05, 0) is 12.8 Å². The molecular formula is C12H20N4OS. The Morgan fingerprint density at radius 1 is 1.56 bits per heavy atom. The highest BCUT2D eigenvalue weighted by Gasteiger charge is 2.23. The summed E-state index contributed by atoms with van der Waals surface area (Å²) in [5, 5.41) is 6.63. The van der Waals surface area contributed by atoms with Gasteiger partial charge in [0, 0.05) is 51.3 Å². The molecule has 2 amide bonds. The molecule has 0 atom stereocenters. The molecule has 0 aromatic carbocycles. The molecular weight excluding hydrogens is 248 g/mol. The zero-order valence-electron chi connectivity index (χ0n) is 10.9. The largest absolute Gasteiger partial charge is 0.331 e. The summed E-state index contributed by atoms with van der Waals surface area (Å²) in [5.41, 5.74) is 0. The van der Waals surface area contributed by atoms with Crippen molar-refractivity contribution in [2.24, 2.45) is 0 Å². The van der Waals surface area contributed by atoms with Crippen LogP contribution in [0.25, 0.3) is 0 Å². The maximum Gasteiger partial charge on any atom is 0.319 e. The summed E-state index contributed by atoms with van der Waals surface area (Å²) < 4.78 is 0. The first-order chi connectivity index (χ1) is 8.66. The van der Waals surface area contributed by atoms with Crippen LogP contribution in [0.1, 0.15) is 17.8 Å². The third-order valence-electron chi connectivity index (χ3n) is 3.17. The predicted octanol–water partition coefficient (Wildman–Crippen LogP) is 1.38. The van der Waals surface area contributed by atoms with Gasteiger partial charge in [0.15, 0.2) is 0 Å². The molecule has 100 valence electrons. The van der Waals surface area contributed by atoms with Crippen LogP contribution in [-0.4, -0.2) is 54.0 Å². The Morgan fingerprint density at radius 2 is 2.28 bits per heavy atom. The van der Waals surface area contributed by atoms with Gasteiger partial charge in [-0.15, -0.1) is 11.3 Å². The van der Waals surface area contributed by atoms with Crippen molar-refractivity contribution in [1.29, 1.82) is 0 Å². The van der Waals surface area contributed by atoms with Crippen LogP contribution in [0.15, 0.2) is 11.6 Å². The monoisotopic (exact) mass is 268 g/mol. The number of nitrogens with zero attached hydrogens (tertiary/aromatic N) is 3. The molecule has 1 fully saturated rings. The number of urea groups is 1. The van der Waals surface area contributed by atoms with Crippen LogP contribution < -0.4 is 5.32 Å². The number of hydrogen-bond donors (Lipinski definition) is 1. The lowest BCUT2D eigenvalue weighted by molar-refractivity contribution is 0.152. The van der Waals surface area contributed by atoms with E-state index in [-0.39, 0.29) is 6.03 Å². The van der Waals surface area contributed by atoms with Crippen molar-refractivity contribution in [3.05, 3.63) is 16.6 Å². The Labute approximate surface area is 112 Å². The van der Waals surface area contributed by atoms with Crippen LogP contribution in [0, 0.1) is 0 Å². The Morgan fingerprint density at radius 3 is 2.83 bits per heavy atom. The molecule has 1 aliphatic heterocycles. The van der Waals surface area contributed by atoms with Gasteiger partial charge < -0.3 is 15.1 Å². The normalized spacial score (nSPS) is 16.9. The van der Waals surface area contributed by atoms with Crippen molar-refractivity contribution in [1.82, 2.24) is 20.1 Å². The van der Waals surface area contributed by atoms with Crippen molar-refractivity contribution in [3.63, 3.8) is 0 Å². The van der Waals surface area contributed by atoms with E-state index in [2.05, 4.69) is 10.3 Å². The highest BCUT2D eigenvalue weighted by atomic mass is 32.1. The average Bonchev–Trinajstić information content (AvgIpc) is 2.89. The first-order valence-electron chi connectivity index (χ1n) is 6.25. The van der Waals surface area contributed by atoms with Gasteiger partial charge in [-0.2, -0.15) is 0 Å². The van der Waals surface area contributed by atoms with E-state index in [0.29, 0.717) is 6.04 Å². The Hall–Kier alpha value is -1.14. The van der Waals surface area contributed by atoms with Gasteiger partial charge in [0.05, 0.1) is 0 Å². The SMILES string of the molecule is CN(C)C(=O)N1CCC(NCc2nccs2)CC1. The van der Waals surface area contributed by atoms with Crippen LogP contribution in [-0.2, 0) is 6.54 Å². The van der Waals surface area contributed by atoms with E-state index in [1.807, 2.05) is 16.5 Å². The van der Waals surface area contributed by atoms with E-state index in [9.17, 15) is 4.79 Å². The quantitative estimate of drug-likeness (QED) is 0.901. The minimum Gasteiger partial charge on any atom is -0.331 e. The lowest BCUT2D eigenvalue weighted by Crippen LogP contribution is -2.47. The molecule has 0 unspecified atom stereocenters. The van der Waals surface area contributed by atoms with Crippen LogP contribution in [0.3, 0.4) is 0 Å². The van der Waals surface area contributed by atoms with Crippen molar-refractivity contribution < 1.29 is 4.79 Å². The molecule has 0 saturated carbocycles. The van der Waals surface area contributed by atoms with Crippen molar-refractivity contribution in [3.8, 4) is 0 Å². The molecule has 0 radical (unpaired) electrons. The van der Waals surface area contributed by atoms with Gasteiger partial charge >= 0.3 is 6.03 Å². The van der Waals surface area contributed by atoms with Crippen molar-refractivity contribution >= 4 is 17.4 Å². The highest BCUT2D eigenvalue weighted by molar-refractivity contribution is 7.09. The summed E-state index contributed by atoms with van der Waals surface area (Å²) in [7, 11) is 3.60. The molecule has 1 aromatic rings. The third-order valence-corrected chi connectivity index (χ3v) is 3.95. The van der Waals surface area contributed by atoms with Gasteiger partial charge in [-0.25, -0.2) is 9.78 Å². The molecule has 2 rings (SSSR count). The number of thiazole rings is 1. The fourth-order valence-electron chi connectivity index (χ4n) is 2.13.